The Bertz CT molecular complexity index is 251. The first kappa shape index (κ1) is 12.6. The van der Waals surface area contributed by atoms with E-state index in [4.69, 9.17) is 32.7 Å². The molecule has 86 valence electrons. The summed E-state index contributed by atoms with van der Waals surface area (Å²) in [6.07, 6.45) is 0. The van der Waals surface area contributed by atoms with Crippen molar-refractivity contribution < 1.29 is 19.1 Å². The molecule has 1 rings (SSSR count). The van der Waals surface area contributed by atoms with Crippen molar-refractivity contribution in [3.8, 4) is 0 Å². The van der Waals surface area contributed by atoms with Crippen LogP contribution in [0.25, 0.3) is 0 Å². The molecule has 0 aromatic heterocycles. The fourth-order valence-electron chi connectivity index (χ4n) is 1.33. The Kier molecular flexibility index (Phi) is 3.84. The second-order valence-electron chi connectivity index (χ2n) is 3.49. The molecule has 0 spiro atoms. The minimum Gasteiger partial charge on any atom is -0.465 e. The fourth-order valence-corrected chi connectivity index (χ4v) is 2.06. The van der Waals surface area contributed by atoms with Crippen molar-refractivity contribution in [3.05, 3.63) is 0 Å². The lowest BCUT2D eigenvalue weighted by molar-refractivity contribution is -0.143. The summed E-state index contributed by atoms with van der Waals surface area (Å²) in [6, 6.07) is 0. The first-order chi connectivity index (χ1) is 6.85. The molecule has 0 aromatic rings. The summed E-state index contributed by atoms with van der Waals surface area (Å²) in [7, 11) is 0. The lowest BCUT2D eigenvalue weighted by atomic mass is 10.3. The standard InChI is InChI=1S/C9H12Cl2O4/c1-5(12)14-3-7-8(9(7,10)11)4-15-6(2)13/h7-8H,3-4H2,1-2H3/t7-,8+. The third-order valence-corrected chi connectivity index (χ3v) is 3.42. The molecule has 1 saturated carbocycles. The fraction of sp³-hybridized carbons (Fsp3) is 0.778. The van der Waals surface area contributed by atoms with Crippen LogP contribution in [-0.4, -0.2) is 29.5 Å². The molecule has 0 amide bonds. The molecule has 0 heterocycles. The zero-order chi connectivity index (χ0) is 11.6. The van der Waals surface area contributed by atoms with E-state index in [1.54, 1.807) is 0 Å². The van der Waals surface area contributed by atoms with E-state index in [1.807, 2.05) is 0 Å². The van der Waals surface area contributed by atoms with Gasteiger partial charge in [0.1, 0.15) is 4.33 Å². The number of esters is 2. The van der Waals surface area contributed by atoms with Crippen LogP contribution >= 0.6 is 23.2 Å². The zero-order valence-electron chi connectivity index (χ0n) is 8.46. The normalized spacial score (nSPS) is 26.9. The second-order valence-corrected chi connectivity index (χ2v) is 4.94. The molecule has 2 atom stereocenters. The summed E-state index contributed by atoms with van der Waals surface area (Å²) >= 11 is 11.8. The number of carbonyl (C=O) groups excluding carboxylic acids is 2. The summed E-state index contributed by atoms with van der Waals surface area (Å²) in [5.74, 6) is -1.08. The van der Waals surface area contributed by atoms with Gasteiger partial charge in [-0.3, -0.25) is 9.59 Å². The van der Waals surface area contributed by atoms with Crippen LogP contribution in [0.5, 0.6) is 0 Å². The Morgan fingerprint density at radius 1 is 1.07 bits per heavy atom. The van der Waals surface area contributed by atoms with E-state index in [0.29, 0.717) is 0 Å². The van der Waals surface area contributed by atoms with Gasteiger partial charge in [0, 0.05) is 25.7 Å². The molecule has 6 heteroatoms. The summed E-state index contributed by atoms with van der Waals surface area (Å²) in [6.45, 7) is 2.95. The van der Waals surface area contributed by atoms with Gasteiger partial charge in [-0.1, -0.05) is 0 Å². The number of ether oxygens (including phenoxy) is 2. The molecular weight excluding hydrogens is 243 g/mol. The van der Waals surface area contributed by atoms with E-state index < -0.39 is 4.33 Å². The van der Waals surface area contributed by atoms with Crippen molar-refractivity contribution in [1.29, 1.82) is 0 Å². The lowest BCUT2D eigenvalue weighted by Crippen LogP contribution is -2.07. The molecule has 0 unspecified atom stereocenters. The average molecular weight is 255 g/mol. The van der Waals surface area contributed by atoms with Crippen LogP contribution in [-0.2, 0) is 19.1 Å². The molecule has 1 fully saturated rings. The monoisotopic (exact) mass is 254 g/mol. The van der Waals surface area contributed by atoms with Gasteiger partial charge in [0.15, 0.2) is 0 Å². The third-order valence-electron chi connectivity index (χ3n) is 2.30. The van der Waals surface area contributed by atoms with Gasteiger partial charge in [-0.25, -0.2) is 0 Å². The topological polar surface area (TPSA) is 52.6 Å². The van der Waals surface area contributed by atoms with Crippen LogP contribution in [0, 0.1) is 11.8 Å². The highest BCUT2D eigenvalue weighted by Gasteiger charge is 2.64. The predicted octanol–water partition coefficient (Wildman–Crippen LogP) is 1.53. The van der Waals surface area contributed by atoms with Crippen LogP contribution in [0.15, 0.2) is 0 Å². The third kappa shape index (κ3) is 3.24. The van der Waals surface area contributed by atoms with Crippen LogP contribution in [0.3, 0.4) is 0 Å². The minimum absolute atomic E-state index is 0.161. The average Bonchev–Trinajstić information content (AvgIpc) is 2.60. The number of halogens is 2. The minimum atomic E-state index is -0.953. The van der Waals surface area contributed by atoms with Crippen molar-refractivity contribution in [2.75, 3.05) is 13.2 Å². The van der Waals surface area contributed by atoms with Crippen molar-refractivity contribution >= 4 is 35.1 Å². The second kappa shape index (κ2) is 4.58. The van der Waals surface area contributed by atoms with E-state index in [1.165, 1.54) is 13.8 Å². The molecule has 0 aliphatic heterocycles. The molecule has 0 N–H and O–H groups in total. The molecule has 0 radical (unpaired) electrons. The molecule has 1 aliphatic rings. The lowest BCUT2D eigenvalue weighted by Gasteiger charge is -2.00. The van der Waals surface area contributed by atoms with Gasteiger partial charge < -0.3 is 9.47 Å². The van der Waals surface area contributed by atoms with E-state index in [9.17, 15) is 9.59 Å². The zero-order valence-corrected chi connectivity index (χ0v) is 9.97. The van der Waals surface area contributed by atoms with E-state index in [2.05, 4.69) is 0 Å². The highest BCUT2D eigenvalue weighted by molar-refractivity contribution is 6.51. The number of carbonyl (C=O) groups is 2. The quantitative estimate of drug-likeness (QED) is 0.564. The first-order valence-corrected chi connectivity index (χ1v) is 5.25. The van der Waals surface area contributed by atoms with E-state index in [-0.39, 0.29) is 37.0 Å². The van der Waals surface area contributed by atoms with Crippen LogP contribution in [0.4, 0.5) is 0 Å². The summed E-state index contributed by atoms with van der Waals surface area (Å²) in [4.78, 5) is 21.1. The largest absolute Gasteiger partial charge is 0.465 e. The van der Waals surface area contributed by atoms with Gasteiger partial charge in [-0.2, -0.15) is 0 Å². The maximum absolute atomic E-state index is 10.6. The molecule has 0 bridgehead atoms. The highest BCUT2D eigenvalue weighted by atomic mass is 35.5. The van der Waals surface area contributed by atoms with Crippen molar-refractivity contribution in [3.63, 3.8) is 0 Å². The molecule has 15 heavy (non-hydrogen) atoms. The van der Waals surface area contributed by atoms with Gasteiger partial charge in [0.05, 0.1) is 13.2 Å². The molecule has 0 aromatic carbocycles. The Balaban J connectivity index is 2.34. The maximum Gasteiger partial charge on any atom is 0.302 e. The molecule has 0 saturated heterocycles. The van der Waals surface area contributed by atoms with E-state index >= 15 is 0 Å². The van der Waals surface area contributed by atoms with Crippen molar-refractivity contribution in [2.45, 2.75) is 18.2 Å². The number of alkyl halides is 2. The predicted molar refractivity (Wildman–Crippen MR) is 54.7 cm³/mol. The van der Waals surface area contributed by atoms with Gasteiger partial charge >= 0.3 is 11.9 Å². The van der Waals surface area contributed by atoms with Gasteiger partial charge in [-0.05, 0) is 0 Å². The Hall–Kier alpha value is -0.480. The number of hydrogen-bond acceptors (Lipinski definition) is 4. The smallest absolute Gasteiger partial charge is 0.302 e. The summed E-state index contributed by atoms with van der Waals surface area (Å²) < 4.78 is 8.63. The first-order valence-electron chi connectivity index (χ1n) is 4.50. The van der Waals surface area contributed by atoms with Crippen molar-refractivity contribution in [1.82, 2.24) is 0 Å². The van der Waals surface area contributed by atoms with Crippen LogP contribution in [0.1, 0.15) is 13.8 Å². The highest BCUT2D eigenvalue weighted by Crippen LogP contribution is 2.59. The van der Waals surface area contributed by atoms with Gasteiger partial charge in [0.2, 0.25) is 0 Å². The number of rotatable bonds is 4. The Morgan fingerprint density at radius 3 is 1.67 bits per heavy atom. The number of hydrogen-bond donors (Lipinski definition) is 0. The summed E-state index contributed by atoms with van der Waals surface area (Å²) in [5, 5.41) is 0. The molecule has 4 nitrogen and oxygen atoms in total. The Morgan fingerprint density at radius 2 is 1.40 bits per heavy atom. The van der Waals surface area contributed by atoms with Crippen LogP contribution < -0.4 is 0 Å². The molecule has 1 aliphatic carbocycles. The van der Waals surface area contributed by atoms with E-state index in [0.717, 1.165) is 0 Å². The SMILES string of the molecule is CC(=O)OC[C@@H]1[C@H](COC(C)=O)C1(Cl)Cl. The summed E-state index contributed by atoms with van der Waals surface area (Å²) in [5.41, 5.74) is 0. The maximum atomic E-state index is 10.6. The van der Waals surface area contributed by atoms with Gasteiger partial charge in [0.25, 0.3) is 0 Å². The van der Waals surface area contributed by atoms with Crippen LogP contribution in [0.2, 0.25) is 0 Å². The Labute approximate surface area is 97.8 Å². The van der Waals surface area contributed by atoms with Gasteiger partial charge in [-0.15, -0.1) is 23.2 Å². The van der Waals surface area contributed by atoms with Crippen molar-refractivity contribution in [2.24, 2.45) is 11.8 Å². The molecular formula is C9H12Cl2O4.